The summed E-state index contributed by atoms with van der Waals surface area (Å²) in [5.41, 5.74) is 7.26. The van der Waals surface area contributed by atoms with Crippen LogP contribution >= 0.6 is 11.6 Å². The first-order valence-corrected chi connectivity index (χ1v) is 8.99. The molecule has 8 heteroatoms. The van der Waals surface area contributed by atoms with Gasteiger partial charge in [0.1, 0.15) is 4.90 Å². The van der Waals surface area contributed by atoms with Gasteiger partial charge in [0.15, 0.2) is 11.5 Å². The van der Waals surface area contributed by atoms with Crippen molar-refractivity contribution in [3.63, 3.8) is 0 Å². The fraction of sp³-hybridized carbons (Fsp3) is 0.250. The number of halogens is 1. The van der Waals surface area contributed by atoms with Crippen LogP contribution in [-0.2, 0) is 16.4 Å². The molecule has 2 rings (SSSR count). The van der Waals surface area contributed by atoms with Gasteiger partial charge in [-0.25, -0.2) is 13.1 Å². The molecule has 0 radical (unpaired) electrons. The number of nitrogen functional groups attached to an aromatic ring is 1. The number of nitrogens with one attached hydrogen (secondary N) is 1. The van der Waals surface area contributed by atoms with Gasteiger partial charge in [0, 0.05) is 24.4 Å². The summed E-state index contributed by atoms with van der Waals surface area (Å²) >= 11 is 6.07. The highest BCUT2D eigenvalue weighted by molar-refractivity contribution is 7.89. The number of rotatable bonds is 7. The maximum absolute atomic E-state index is 12.5. The third-order valence-electron chi connectivity index (χ3n) is 3.41. The van der Waals surface area contributed by atoms with Gasteiger partial charge in [0.2, 0.25) is 10.0 Å². The zero-order valence-corrected chi connectivity index (χ0v) is 14.9. The summed E-state index contributed by atoms with van der Waals surface area (Å²) in [6.07, 6.45) is 0.532. The maximum Gasteiger partial charge on any atom is 0.242 e. The van der Waals surface area contributed by atoms with Crippen molar-refractivity contribution in [3.05, 3.63) is 47.0 Å². The largest absolute Gasteiger partial charge is 0.493 e. The molecule has 0 unspecified atom stereocenters. The molecule has 0 saturated carbocycles. The molecule has 0 amide bonds. The van der Waals surface area contributed by atoms with E-state index in [0.29, 0.717) is 23.6 Å². The van der Waals surface area contributed by atoms with Crippen LogP contribution in [0.15, 0.2) is 41.3 Å². The summed E-state index contributed by atoms with van der Waals surface area (Å²) in [6, 6.07) is 10.0. The minimum absolute atomic E-state index is 0.0564. The molecule has 0 heterocycles. The Morgan fingerprint density at radius 3 is 2.25 bits per heavy atom. The highest BCUT2D eigenvalue weighted by Crippen LogP contribution is 2.35. The Bertz CT molecular complexity index is 808. The van der Waals surface area contributed by atoms with Gasteiger partial charge < -0.3 is 15.2 Å². The Hall–Kier alpha value is -1.96. The summed E-state index contributed by atoms with van der Waals surface area (Å²) in [5.74, 6) is 0.657. The van der Waals surface area contributed by atoms with Gasteiger partial charge in [0.05, 0.1) is 19.2 Å². The van der Waals surface area contributed by atoms with Gasteiger partial charge in [-0.05, 0) is 24.1 Å². The Morgan fingerprint density at radius 1 is 1.08 bits per heavy atom. The van der Waals surface area contributed by atoms with Crippen molar-refractivity contribution >= 4 is 27.3 Å². The van der Waals surface area contributed by atoms with Gasteiger partial charge in [-0.15, -0.1) is 0 Å². The minimum atomic E-state index is -3.77. The number of hydrogen-bond acceptors (Lipinski definition) is 5. The predicted molar refractivity (Wildman–Crippen MR) is 94.3 cm³/mol. The summed E-state index contributed by atoms with van der Waals surface area (Å²) in [4.78, 5) is -0.0564. The van der Waals surface area contributed by atoms with E-state index in [4.69, 9.17) is 26.8 Å². The summed E-state index contributed by atoms with van der Waals surface area (Å²) in [6.45, 7) is 0.233. The van der Waals surface area contributed by atoms with Crippen LogP contribution in [0.1, 0.15) is 5.56 Å². The molecular formula is C16H19ClN2O4S. The number of anilines is 1. The second kappa shape index (κ2) is 7.74. The molecule has 6 nitrogen and oxygen atoms in total. The van der Waals surface area contributed by atoms with Crippen LogP contribution in [0, 0.1) is 0 Å². The molecule has 24 heavy (non-hydrogen) atoms. The SMILES string of the molecule is COc1cc(Cl)c(S(=O)(=O)NCCc2ccc(N)cc2)cc1OC. The van der Waals surface area contributed by atoms with E-state index in [2.05, 4.69) is 4.72 Å². The van der Waals surface area contributed by atoms with Gasteiger partial charge >= 0.3 is 0 Å². The molecule has 0 aliphatic carbocycles. The van der Waals surface area contributed by atoms with E-state index in [-0.39, 0.29) is 16.5 Å². The highest BCUT2D eigenvalue weighted by atomic mass is 35.5. The fourth-order valence-corrected chi connectivity index (χ4v) is 3.70. The van der Waals surface area contributed by atoms with Crippen LogP contribution in [-0.4, -0.2) is 29.2 Å². The molecule has 3 N–H and O–H groups in total. The van der Waals surface area contributed by atoms with Crippen LogP contribution in [0.25, 0.3) is 0 Å². The van der Waals surface area contributed by atoms with E-state index < -0.39 is 10.0 Å². The zero-order chi connectivity index (χ0) is 17.7. The van der Waals surface area contributed by atoms with E-state index in [0.717, 1.165) is 5.56 Å². The van der Waals surface area contributed by atoms with E-state index in [9.17, 15) is 8.42 Å². The van der Waals surface area contributed by atoms with E-state index in [1.165, 1.54) is 26.4 Å². The summed E-state index contributed by atoms with van der Waals surface area (Å²) in [5, 5.41) is 0.0626. The summed E-state index contributed by atoms with van der Waals surface area (Å²) < 4.78 is 37.7. The van der Waals surface area contributed by atoms with Crippen LogP contribution in [0.5, 0.6) is 11.5 Å². The lowest BCUT2D eigenvalue weighted by molar-refractivity contribution is 0.354. The number of ether oxygens (including phenoxy) is 2. The Labute approximate surface area is 146 Å². The van der Waals surface area contributed by atoms with Crippen molar-refractivity contribution in [2.75, 3.05) is 26.5 Å². The van der Waals surface area contributed by atoms with Crippen LogP contribution in [0.4, 0.5) is 5.69 Å². The topological polar surface area (TPSA) is 90.7 Å². The van der Waals surface area contributed by atoms with E-state index >= 15 is 0 Å². The molecule has 2 aromatic carbocycles. The van der Waals surface area contributed by atoms with Crippen LogP contribution in [0.3, 0.4) is 0 Å². The van der Waals surface area contributed by atoms with Crippen LogP contribution in [0.2, 0.25) is 5.02 Å². The molecule has 2 aromatic rings. The van der Waals surface area contributed by atoms with Crippen molar-refractivity contribution in [1.82, 2.24) is 4.72 Å². The van der Waals surface area contributed by atoms with E-state index in [1.54, 1.807) is 12.1 Å². The number of benzene rings is 2. The first kappa shape index (κ1) is 18.4. The lowest BCUT2D eigenvalue weighted by Gasteiger charge is -2.13. The molecule has 0 aliphatic heterocycles. The van der Waals surface area contributed by atoms with Gasteiger partial charge in [-0.1, -0.05) is 23.7 Å². The molecule has 0 atom stereocenters. The first-order valence-electron chi connectivity index (χ1n) is 7.13. The van der Waals surface area contributed by atoms with Crippen LogP contribution < -0.4 is 19.9 Å². The molecule has 0 bridgehead atoms. The van der Waals surface area contributed by atoms with Gasteiger partial charge in [-0.2, -0.15) is 0 Å². The number of nitrogens with two attached hydrogens (primary N) is 1. The van der Waals surface area contributed by atoms with Crippen molar-refractivity contribution in [2.24, 2.45) is 0 Å². The van der Waals surface area contributed by atoms with Crippen molar-refractivity contribution in [2.45, 2.75) is 11.3 Å². The molecule has 0 aliphatic rings. The molecule has 0 saturated heterocycles. The monoisotopic (exact) mass is 370 g/mol. The molecular weight excluding hydrogens is 352 g/mol. The Morgan fingerprint density at radius 2 is 1.67 bits per heavy atom. The summed E-state index contributed by atoms with van der Waals surface area (Å²) in [7, 11) is -0.890. The Kier molecular flexibility index (Phi) is 5.93. The smallest absolute Gasteiger partial charge is 0.242 e. The molecule has 130 valence electrons. The third kappa shape index (κ3) is 4.31. The fourth-order valence-electron chi connectivity index (χ4n) is 2.13. The standard InChI is InChI=1S/C16H19ClN2O4S/c1-22-14-9-13(17)16(10-15(14)23-2)24(20,21)19-8-7-11-3-5-12(18)6-4-11/h3-6,9-10,19H,7-8,18H2,1-2H3. The second-order valence-corrected chi connectivity index (χ2v) is 7.17. The average molecular weight is 371 g/mol. The minimum Gasteiger partial charge on any atom is -0.493 e. The lowest BCUT2D eigenvalue weighted by atomic mass is 10.1. The lowest BCUT2D eigenvalue weighted by Crippen LogP contribution is -2.26. The second-order valence-electron chi connectivity index (χ2n) is 5.03. The molecule has 0 fully saturated rings. The van der Waals surface area contributed by atoms with Crippen molar-refractivity contribution < 1.29 is 17.9 Å². The number of sulfonamides is 1. The highest BCUT2D eigenvalue weighted by Gasteiger charge is 2.21. The zero-order valence-electron chi connectivity index (χ0n) is 13.4. The van der Waals surface area contributed by atoms with Crippen molar-refractivity contribution in [3.8, 4) is 11.5 Å². The Balaban J connectivity index is 2.13. The molecule has 0 spiro atoms. The first-order chi connectivity index (χ1) is 11.4. The van der Waals surface area contributed by atoms with Crippen molar-refractivity contribution in [1.29, 1.82) is 0 Å². The maximum atomic E-state index is 12.5. The normalized spacial score (nSPS) is 11.3. The molecule has 0 aromatic heterocycles. The average Bonchev–Trinajstić information content (AvgIpc) is 2.56. The van der Waals surface area contributed by atoms with E-state index in [1.807, 2.05) is 12.1 Å². The number of hydrogen-bond donors (Lipinski definition) is 2. The van der Waals surface area contributed by atoms with Gasteiger partial charge in [-0.3, -0.25) is 0 Å². The predicted octanol–water partition coefficient (Wildman–Crippen LogP) is 2.46. The third-order valence-corrected chi connectivity index (χ3v) is 5.34. The quantitative estimate of drug-likeness (QED) is 0.730. The van der Waals surface area contributed by atoms with Gasteiger partial charge in [0.25, 0.3) is 0 Å². The number of methoxy groups -OCH3 is 2.